The van der Waals surface area contributed by atoms with Crippen LogP contribution in [0.2, 0.25) is 0 Å². The lowest BCUT2D eigenvalue weighted by Crippen LogP contribution is -2.30. The number of nitrogens with zero attached hydrogens (tertiary/aromatic N) is 2. The van der Waals surface area contributed by atoms with E-state index in [4.69, 9.17) is 9.15 Å². The second-order valence-electron chi connectivity index (χ2n) is 7.65. The van der Waals surface area contributed by atoms with Gasteiger partial charge in [0.2, 0.25) is 5.76 Å². The van der Waals surface area contributed by atoms with Gasteiger partial charge in [0.05, 0.1) is 24.1 Å². The molecular formula is C25H20N2O4. The number of aryl methyl sites for hydroxylation is 2. The molecule has 0 spiro atoms. The van der Waals surface area contributed by atoms with Crippen molar-refractivity contribution in [2.24, 2.45) is 0 Å². The predicted molar refractivity (Wildman–Crippen MR) is 118 cm³/mol. The minimum Gasteiger partial charge on any atom is -0.497 e. The van der Waals surface area contributed by atoms with Crippen LogP contribution in [-0.2, 0) is 0 Å². The second-order valence-corrected chi connectivity index (χ2v) is 7.65. The first-order valence-electron chi connectivity index (χ1n) is 9.96. The lowest BCUT2D eigenvalue weighted by Gasteiger charge is -2.24. The Bertz CT molecular complexity index is 1380. The molecule has 1 aliphatic rings. The zero-order valence-electron chi connectivity index (χ0n) is 17.4. The number of anilines is 1. The Hall–Kier alpha value is -3.93. The topological polar surface area (TPSA) is 72.6 Å². The quantitative estimate of drug-likeness (QED) is 0.493. The smallest absolute Gasteiger partial charge is 0.296 e. The van der Waals surface area contributed by atoms with Gasteiger partial charge in [-0.05, 0) is 66.9 Å². The van der Waals surface area contributed by atoms with E-state index >= 15 is 0 Å². The summed E-state index contributed by atoms with van der Waals surface area (Å²) in [5.74, 6) is 0.823. The zero-order valence-corrected chi connectivity index (χ0v) is 17.4. The summed E-state index contributed by atoms with van der Waals surface area (Å²) in [6, 6.07) is 15.7. The minimum atomic E-state index is -0.648. The van der Waals surface area contributed by atoms with Crippen LogP contribution < -0.4 is 15.1 Å². The number of hydrogen-bond acceptors (Lipinski definition) is 5. The highest BCUT2D eigenvalue weighted by Crippen LogP contribution is 2.41. The Labute approximate surface area is 178 Å². The molecule has 0 bridgehead atoms. The van der Waals surface area contributed by atoms with E-state index in [1.165, 1.54) is 4.90 Å². The monoisotopic (exact) mass is 412 g/mol. The molecule has 1 aliphatic heterocycles. The molecular weight excluding hydrogens is 392 g/mol. The number of hydrogen-bond donors (Lipinski definition) is 0. The maximum absolute atomic E-state index is 13.6. The van der Waals surface area contributed by atoms with E-state index in [2.05, 4.69) is 4.98 Å². The Balaban J connectivity index is 1.81. The molecule has 5 rings (SSSR count). The van der Waals surface area contributed by atoms with Crippen molar-refractivity contribution in [2.45, 2.75) is 19.9 Å². The van der Waals surface area contributed by atoms with Gasteiger partial charge in [0.25, 0.3) is 5.91 Å². The molecule has 0 radical (unpaired) electrons. The van der Waals surface area contributed by atoms with Gasteiger partial charge in [0.1, 0.15) is 17.2 Å². The summed E-state index contributed by atoms with van der Waals surface area (Å²) in [5.41, 5.74) is 3.30. The second kappa shape index (κ2) is 7.09. The Kier molecular flexibility index (Phi) is 4.36. The molecule has 0 fully saturated rings. The third kappa shape index (κ3) is 2.91. The van der Waals surface area contributed by atoms with Gasteiger partial charge in [-0.15, -0.1) is 0 Å². The highest BCUT2D eigenvalue weighted by Gasteiger charge is 2.44. The van der Waals surface area contributed by atoms with Crippen LogP contribution in [0.25, 0.3) is 11.0 Å². The fourth-order valence-electron chi connectivity index (χ4n) is 4.06. The first-order valence-corrected chi connectivity index (χ1v) is 9.96. The minimum absolute atomic E-state index is 0.0622. The van der Waals surface area contributed by atoms with Crippen molar-refractivity contribution in [2.75, 3.05) is 12.0 Å². The summed E-state index contributed by atoms with van der Waals surface area (Å²) in [4.78, 5) is 33.0. The van der Waals surface area contributed by atoms with E-state index in [9.17, 15) is 9.59 Å². The third-order valence-corrected chi connectivity index (χ3v) is 5.81. The van der Waals surface area contributed by atoms with E-state index in [0.717, 1.165) is 16.7 Å². The highest BCUT2D eigenvalue weighted by atomic mass is 16.5. The summed E-state index contributed by atoms with van der Waals surface area (Å²) in [6.45, 7) is 3.90. The van der Waals surface area contributed by atoms with Crippen molar-refractivity contribution in [3.63, 3.8) is 0 Å². The van der Waals surface area contributed by atoms with Crippen molar-refractivity contribution in [1.29, 1.82) is 0 Å². The summed E-state index contributed by atoms with van der Waals surface area (Å²) in [6.07, 6.45) is 1.62. The van der Waals surface area contributed by atoms with E-state index in [0.29, 0.717) is 28.1 Å². The molecule has 0 unspecified atom stereocenters. The van der Waals surface area contributed by atoms with Crippen LogP contribution in [0.3, 0.4) is 0 Å². The predicted octanol–water partition coefficient (Wildman–Crippen LogP) is 4.56. The summed E-state index contributed by atoms with van der Waals surface area (Å²) in [5, 5.41) is 0.469. The number of ether oxygens (including phenoxy) is 1. The number of aromatic nitrogens is 1. The van der Waals surface area contributed by atoms with Crippen LogP contribution in [0, 0.1) is 13.8 Å². The Morgan fingerprint density at radius 2 is 1.74 bits per heavy atom. The van der Waals surface area contributed by atoms with Gasteiger partial charge in [-0.25, -0.2) is 4.98 Å². The van der Waals surface area contributed by atoms with E-state index in [1.54, 1.807) is 25.4 Å². The molecule has 6 heteroatoms. The largest absolute Gasteiger partial charge is 0.497 e. The van der Waals surface area contributed by atoms with Gasteiger partial charge in [-0.2, -0.15) is 0 Å². The van der Waals surface area contributed by atoms with Crippen LogP contribution in [0.15, 0.2) is 70.0 Å². The van der Waals surface area contributed by atoms with Gasteiger partial charge in [-0.3, -0.25) is 14.5 Å². The van der Waals surface area contributed by atoms with Crippen molar-refractivity contribution in [3.05, 3.63) is 99.0 Å². The van der Waals surface area contributed by atoms with Gasteiger partial charge >= 0.3 is 0 Å². The van der Waals surface area contributed by atoms with E-state index < -0.39 is 6.04 Å². The molecule has 1 atom stereocenters. The summed E-state index contributed by atoms with van der Waals surface area (Å²) >= 11 is 0. The summed E-state index contributed by atoms with van der Waals surface area (Å²) in [7, 11) is 1.59. The molecule has 31 heavy (non-hydrogen) atoms. The SMILES string of the molecule is COc1ccc([C@H]2c3c(oc4cc(C)c(C)cc4c3=O)C(=O)N2c2ccccn2)cc1. The van der Waals surface area contributed by atoms with Crippen molar-refractivity contribution >= 4 is 22.7 Å². The van der Waals surface area contributed by atoms with Gasteiger partial charge in [-0.1, -0.05) is 18.2 Å². The molecule has 0 saturated heterocycles. The Morgan fingerprint density at radius 3 is 2.42 bits per heavy atom. The zero-order chi connectivity index (χ0) is 21.7. The molecule has 2 aromatic carbocycles. The molecule has 154 valence electrons. The lowest BCUT2D eigenvalue weighted by atomic mass is 9.97. The molecule has 3 heterocycles. The number of pyridine rings is 1. The molecule has 1 amide bonds. The average molecular weight is 412 g/mol. The first-order chi connectivity index (χ1) is 15.0. The van der Waals surface area contributed by atoms with Crippen molar-refractivity contribution in [1.82, 2.24) is 4.98 Å². The molecule has 6 nitrogen and oxygen atoms in total. The van der Waals surface area contributed by atoms with Crippen LogP contribution in [-0.4, -0.2) is 18.0 Å². The number of carbonyl (C=O) groups excluding carboxylic acids is 1. The number of carbonyl (C=O) groups is 1. The maximum atomic E-state index is 13.6. The van der Waals surface area contributed by atoms with Crippen molar-refractivity contribution < 1.29 is 13.9 Å². The highest BCUT2D eigenvalue weighted by molar-refractivity contribution is 6.10. The number of benzene rings is 2. The average Bonchev–Trinajstić information content (AvgIpc) is 3.08. The molecule has 0 N–H and O–H groups in total. The van der Waals surface area contributed by atoms with E-state index in [1.807, 2.05) is 56.3 Å². The molecule has 4 aromatic rings. The van der Waals surface area contributed by atoms with Crippen LogP contribution in [0.4, 0.5) is 5.82 Å². The van der Waals surface area contributed by atoms with Gasteiger partial charge < -0.3 is 9.15 Å². The first kappa shape index (κ1) is 19.1. The number of amides is 1. The standard InChI is InChI=1S/C25H20N2O4/c1-14-12-18-19(13-15(14)2)31-24-21(23(18)28)22(16-7-9-17(30-3)10-8-16)27(25(24)29)20-6-4-5-11-26-20/h4-13,22H,1-3H3/t22-/m0/s1. The van der Waals surface area contributed by atoms with Crippen molar-refractivity contribution in [3.8, 4) is 5.75 Å². The molecule has 0 aliphatic carbocycles. The van der Waals surface area contributed by atoms with Gasteiger partial charge in [0.15, 0.2) is 5.43 Å². The lowest BCUT2D eigenvalue weighted by molar-refractivity contribution is 0.0970. The maximum Gasteiger partial charge on any atom is 0.296 e. The normalized spacial score (nSPS) is 15.4. The van der Waals surface area contributed by atoms with E-state index in [-0.39, 0.29) is 17.1 Å². The fourth-order valence-corrected chi connectivity index (χ4v) is 4.06. The van der Waals surface area contributed by atoms with Crippen LogP contribution in [0.1, 0.15) is 38.9 Å². The van der Waals surface area contributed by atoms with Gasteiger partial charge in [0, 0.05) is 6.20 Å². The number of rotatable bonds is 3. The molecule has 0 saturated carbocycles. The number of methoxy groups -OCH3 is 1. The third-order valence-electron chi connectivity index (χ3n) is 5.81. The number of fused-ring (bicyclic) bond motifs is 2. The molecule has 2 aromatic heterocycles. The fraction of sp³-hybridized carbons (Fsp3) is 0.160. The van der Waals surface area contributed by atoms with Crippen LogP contribution >= 0.6 is 0 Å². The van der Waals surface area contributed by atoms with Crippen LogP contribution in [0.5, 0.6) is 5.75 Å². The summed E-state index contributed by atoms with van der Waals surface area (Å²) < 4.78 is 11.3. The Morgan fingerprint density at radius 1 is 1.00 bits per heavy atom.